The number of methoxy groups -OCH3 is 2. The Morgan fingerprint density at radius 1 is 0.857 bits per heavy atom. The second kappa shape index (κ2) is 9.93. The molecule has 1 amide bonds. The van der Waals surface area contributed by atoms with E-state index in [4.69, 9.17) is 9.47 Å². The first-order valence-corrected chi connectivity index (χ1v) is 11.7. The summed E-state index contributed by atoms with van der Waals surface area (Å²) in [5, 5.41) is 7.72. The largest absolute Gasteiger partial charge is 0.493 e. The summed E-state index contributed by atoms with van der Waals surface area (Å²) in [7, 11) is 3.19. The fraction of sp³-hybridized carbons (Fsp3) is 0.214. The van der Waals surface area contributed by atoms with Gasteiger partial charge in [-0.25, -0.2) is 4.68 Å². The van der Waals surface area contributed by atoms with Crippen LogP contribution in [0.2, 0.25) is 0 Å². The Morgan fingerprint density at radius 3 is 2.34 bits per heavy atom. The van der Waals surface area contributed by atoms with Gasteiger partial charge in [-0.2, -0.15) is 5.10 Å². The minimum Gasteiger partial charge on any atom is -0.493 e. The van der Waals surface area contributed by atoms with Crippen LogP contribution in [0.1, 0.15) is 23.3 Å². The van der Waals surface area contributed by atoms with Gasteiger partial charge in [0.15, 0.2) is 17.2 Å². The van der Waals surface area contributed by atoms with Crippen LogP contribution in [0.4, 0.5) is 11.4 Å². The number of aromatic nitrogens is 2. The molecule has 1 saturated heterocycles. The number of para-hydroxylation sites is 1. The molecule has 0 aliphatic carbocycles. The SMILES string of the molecule is COc1ccc(-c2cn(-c3ccccc3)nc2C(=O)Nc2cccc(N3CCCC3)c2)cc1OC. The van der Waals surface area contributed by atoms with Gasteiger partial charge >= 0.3 is 0 Å². The number of carbonyl (C=O) groups is 1. The molecular formula is C28H28N4O3. The summed E-state index contributed by atoms with van der Waals surface area (Å²) in [5.74, 6) is 0.932. The zero-order valence-corrected chi connectivity index (χ0v) is 19.9. The van der Waals surface area contributed by atoms with Gasteiger partial charge in [0.1, 0.15) is 0 Å². The minimum absolute atomic E-state index is 0.275. The van der Waals surface area contributed by atoms with Gasteiger partial charge in [-0.15, -0.1) is 0 Å². The van der Waals surface area contributed by atoms with Crippen molar-refractivity contribution in [3.8, 4) is 28.3 Å². The van der Waals surface area contributed by atoms with E-state index in [1.165, 1.54) is 12.8 Å². The Balaban J connectivity index is 1.52. The number of nitrogens with zero attached hydrogens (tertiary/aromatic N) is 3. The maximum Gasteiger partial charge on any atom is 0.276 e. The van der Waals surface area contributed by atoms with E-state index in [-0.39, 0.29) is 5.91 Å². The molecule has 0 bridgehead atoms. The fourth-order valence-electron chi connectivity index (χ4n) is 4.42. The lowest BCUT2D eigenvalue weighted by Gasteiger charge is -2.18. The summed E-state index contributed by atoms with van der Waals surface area (Å²) in [6, 6.07) is 23.3. The molecule has 1 aliphatic heterocycles. The highest BCUT2D eigenvalue weighted by Gasteiger charge is 2.21. The number of amides is 1. The normalized spacial score (nSPS) is 13.0. The third kappa shape index (κ3) is 4.71. The second-order valence-electron chi connectivity index (χ2n) is 8.44. The van der Waals surface area contributed by atoms with E-state index in [2.05, 4.69) is 21.4 Å². The van der Waals surface area contributed by atoms with Crippen molar-refractivity contribution in [1.29, 1.82) is 0 Å². The molecule has 1 aliphatic rings. The Morgan fingerprint density at radius 2 is 1.60 bits per heavy atom. The second-order valence-corrected chi connectivity index (χ2v) is 8.44. The maximum atomic E-state index is 13.5. The summed E-state index contributed by atoms with van der Waals surface area (Å²) >= 11 is 0. The van der Waals surface area contributed by atoms with Crippen LogP contribution < -0.4 is 19.7 Å². The van der Waals surface area contributed by atoms with Crippen LogP contribution in [0, 0.1) is 0 Å². The number of nitrogens with one attached hydrogen (secondary N) is 1. The van der Waals surface area contributed by atoms with Gasteiger partial charge < -0.3 is 19.7 Å². The lowest BCUT2D eigenvalue weighted by molar-refractivity contribution is 0.102. The van der Waals surface area contributed by atoms with E-state index in [0.717, 1.165) is 35.7 Å². The van der Waals surface area contributed by atoms with Crippen molar-refractivity contribution in [3.05, 3.63) is 84.7 Å². The number of benzene rings is 3. The molecule has 0 spiro atoms. The van der Waals surface area contributed by atoms with Crippen molar-refractivity contribution in [2.75, 3.05) is 37.5 Å². The van der Waals surface area contributed by atoms with Crippen LogP contribution in [0.3, 0.4) is 0 Å². The molecule has 3 aromatic carbocycles. The van der Waals surface area contributed by atoms with E-state index in [1.807, 2.05) is 72.9 Å². The van der Waals surface area contributed by atoms with Gasteiger partial charge in [0.05, 0.1) is 19.9 Å². The molecular weight excluding hydrogens is 440 g/mol. The molecule has 0 radical (unpaired) electrons. The molecule has 1 aromatic heterocycles. The first kappa shape index (κ1) is 22.5. The molecule has 0 saturated carbocycles. The van der Waals surface area contributed by atoms with Gasteiger partial charge in [-0.1, -0.05) is 30.3 Å². The number of hydrogen-bond donors (Lipinski definition) is 1. The van der Waals surface area contributed by atoms with Crippen molar-refractivity contribution in [2.45, 2.75) is 12.8 Å². The van der Waals surface area contributed by atoms with E-state index < -0.39 is 0 Å². The van der Waals surface area contributed by atoms with Crippen molar-refractivity contribution in [1.82, 2.24) is 9.78 Å². The first-order chi connectivity index (χ1) is 17.2. The average Bonchev–Trinajstić information content (AvgIpc) is 3.60. The molecule has 0 unspecified atom stereocenters. The molecule has 5 rings (SSSR count). The number of anilines is 2. The zero-order chi connectivity index (χ0) is 24.2. The fourth-order valence-corrected chi connectivity index (χ4v) is 4.42. The molecule has 1 N–H and O–H groups in total. The van der Waals surface area contributed by atoms with Gasteiger partial charge in [0.25, 0.3) is 5.91 Å². The van der Waals surface area contributed by atoms with E-state index in [9.17, 15) is 4.79 Å². The van der Waals surface area contributed by atoms with Crippen molar-refractivity contribution in [3.63, 3.8) is 0 Å². The topological polar surface area (TPSA) is 68.6 Å². The van der Waals surface area contributed by atoms with Crippen LogP contribution in [0.15, 0.2) is 79.0 Å². The minimum atomic E-state index is -0.275. The van der Waals surface area contributed by atoms with Crippen LogP contribution in [-0.4, -0.2) is 43.0 Å². The van der Waals surface area contributed by atoms with Crippen molar-refractivity contribution < 1.29 is 14.3 Å². The number of carbonyl (C=O) groups excluding carboxylic acids is 1. The highest BCUT2D eigenvalue weighted by Crippen LogP contribution is 2.34. The number of ether oxygens (including phenoxy) is 2. The lowest BCUT2D eigenvalue weighted by Crippen LogP contribution is -2.18. The molecule has 0 atom stereocenters. The van der Waals surface area contributed by atoms with Crippen LogP contribution >= 0.6 is 0 Å². The van der Waals surface area contributed by atoms with Crippen LogP contribution in [0.5, 0.6) is 11.5 Å². The third-order valence-electron chi connectivity index (χ3n) is 6.22. The molecule has 35 heavy (non-hydrogen) atoms. The molecule has 4 aromatic rings. The number of rotatable bonds is 7. The molecule has 1 fully saturated rings. The highest BCUT2D eigenvalue weighted by molar-refractivity contribution is 6.07. The Hall–Kier alpha value is -4.26. The van der Waals surface area contributed by atoms with Crippen molar-refractivity contribution >= 4 is 17.3 Å². The maximum absolute atomic E-state index is 13.5. The quantitative estimate of drug-likeness (QED) is 0.393. The predicted octanol–water partition coefficient (Wildman–Crippen LogP) is 5.41. The van der Waals surface area contributed by atoms with Gasteiger partial charge in [0.2, 0.25) is 0 Å². The Bertz CT molecular complexity index is 1330. The van der Waals surface area contributed by atoms with Gasteiger partial charge in [0, 0.05) is 36.2 Å². The summed E-state index contributed by atoms with van der Waals surface area (Å²) in [4.78, 5) is 15.8. The van der Waals surface area contributed by atoms with Crippen LogP contribution in [-0.2, 0) is 0 Å². The number of hydrogen-bond acceptors (Lipinski definition) is 5. The highest BCUT2D eigenvalue weighted by atomic mass is 16.5. The van der Waals surface area contributed by atoms with E-state index in [0.29, 0.717) is 22.8 Å². The Labute approximate surface area is 204 Å². The van der Waals surface area contributed by atoms with E-state index in [1.54, 1.807) is 18.9 Å². The summed E-state index contributed by atoms with van der Waals surface area (Å²) < 4.78 is 12.6. The molecule has 7 nitrogen and oxygen atoms in total. The predicted molar refractivity (Wildman–Crippen MR) is 138 cm³/mol. The Kier molecular flexibility index (Phi) is 6.39. The standard InChI is InChI=1S/C28H28N4O3/c1-34-25-14-13-20(17-26(25)35-2)24-19-32(22-10-4-3-5-11-22)30-27(24)28(33)29-21-9-8-12-23(18-21)31-15-6-7-16-31/h3-5,8-14,17-19H,6-7,15-16H2,1-2H3,(H,29,33). The summed E-state index contributed by atoms with van der Waals surface area (Å²) in [6.45, 7) is 2.09. The average molecular weight is 469 g/mol. The monoisotopic (exact) mass is 468 g/mol. The summed E-state index contributed by atoms with van der Waals surface area (Å²) in [6.07, 6.45) is 4.26. The zero-order valence-electron chi connectivity index (χ0n) is 19.9. The van der Waals surface area contributed by atoms with E-state index >= 15 is 0 Å². The molecule has 178 valence electrons. The van der Waals surface area contributed by atoms with Gasteiger partial charge in [-0.3, -0.25) is 4.79 Å². The van der Waals surface area contributed by atoms with Crippen LogP contribution in [0.25, 0.3) is 16.8 Å². The molecule has 7 heteroatoms. The lowest BCUT2D eigenvalue weighted by atomic mass is 10.1. The first-order valence-electron chi connectivity index (χ1n) is 11.7. The smallest absolute Gasteiger partial charge is 0.276 e. The summed E-state index contributed by atoms with van der Waals surface area (Å²) in [5.41, 5.74) is 4.56. The third-order valence-corrected chi connectivity index (χ3v) is 6.22. The molecule has 2 heterocycles. The van der Waals surface area contributed by atoms with Crippen molar-refractivity contribution in [2.24, 2.45) is 0 Å². The van der Waals surface area contributed by atoms with Gasteiger partial charge in [-0.05, 0) is 60.9 Å².